The first-order valence-electron chi connectivity index (χ1n) is 13.0. The number of benzene rings is 2. The van der Waals surface area contributed by atoms with Crippen molar-refractivity contribution < 1.29 is 23.7 Å². The Morgan fingerprint density at radius 3 is 2.45 bits per heavy atom. The molecule has 212 valence electrons. The molecule has 1 aliphatic rings. The van der Waals surface area contributed by atoms with Gasteiger partial charge >= 0.3 is 5.97 Å². The van der Waals surface area contributed by atoms with Crippen LogP contribution in [0, 0.1) is 0 Å². The number of hydrogen-bond acceptors (Lipinski definition) is 8. The number of methoxy groups -OCH3 is 1. The van der Waals surface area contributed by atoms with Crippen molar-refractivity contribution in [1.82, 2.24) is 4.57 Å². The highest BCUT2D eigenvalue weighted by atomic mass is 35.5. The van der Waals surface area contributed by atoms with Crippen molar-refractivity contribution in [2.45, 2.75) is 59.8 Å². The molecular formula is C30H33ClN2O6S. The molecule has 0 bridgehead atoms. The number of carbonyl (C=O) groups is 1. The number of ether oxygens (including phenoxy) is 4. The van der Waals surface area contributed by atoms with Gasteiger partial charge in [-0.05, 0) is 83.0 Å². The van der Waals surface area contributed by atoms with Gasteiger partial charge in [-0.2, -0.15) is 0 Å². The van der Waals surface area contributed by atoms with Gasteiger partial charge in [0.15, 0.2) is 16.3 Å². The highest BCUT2D eigenvalue weighted by molar-refractivity contribution is 7.07. The number of hydrogen-bond donors (Lipinski definition) is 0. The molecule has 0 fully saturated rings. The van der Waals surface area contributed by atoms with Crippen LogP contribution in [0.3, 0.4) is 0 Å². The van der Waals surface area contributed by atoms with E-state index in [1.165, 1.54) is 18.4 Å². The van der Waals surface area contributed by atoms with Crippen molar-refractivity contribution >= 4 is 35.0 Å². The summed E-state index contributed by atoms with van der Waals surface area (Å²) in [6, 6.07) is 10.1. The Morgan fingerprint density at radius 2 is 1.85 bits per heavy atom. The number of esters is 1. The standard InChI is InChI=1S/C30H33ClN2O6S/c1-8-37-21-11-9-20(10-12-21)26-25(29(35)39-17(4)5)18(6)32-30-33(26)28(34)24(40-30)15-19-13-22(31)27(38-16(2)3)23(14-19)36-7/h9-17,26H,8H2,1-7H3/b24-15+/t26-/m1/s1. The van der Waals surface area contributed by atoms with E-state index in [2.05, 4.69) is 4.99 Å². The average molecular weight is 585 g/mol. The monoisotopic (exact) mass is 584 g/mol. The Balaban J connectivity index is 1.89. The third-order valence-electron chi connectivity index (χ3n) is 5.99. The summed E-state index contributed by atoms with van der Waals surface area (Å²) < 4.78 is 24.5. The molecule has 8 nitrogen and oxygen atoms in total. The molecule has 1 aliphatic heterocycles. The van der Waals surface area contributed by atoms with Crippen LogP contribution >= 0.6 is 22.9 Å². The molecule has 0 saturated carbocycles. The zero-order valence-electron chi connectivity index (χ0n) is 23.6. The summed E-state index contributed by atoms with van der Waals surface area (Å²) in [5.41, 5.74) is 1.92. The van der Waals surface area contributed by atoms with Crippen LogP contribution in [0.15, 0.2) is 57.5 Å². The third kappa shape index (κ3) is 6.10. The summed E-state index contributed by atoms with van der Waals surface area (Å²) >= 11 is 7.76. The number of thiazole rings is 1. The van der Waals surface area contributed by atoms with Gasteiger partial charge in [0.1, 0.15) is 5.75 Å². The SMILES string of the molecule is CCOc1ccc([C@@H]2C(C(=O)OC(C)C)=C(C)N=c3s/c(=C/c4cc(Cl)c(OC(C)C)c(OC)c4)c(=O)n32)cc1. The first-order chi connectivity index (χ1) is 19.0. The molecule has 2 aromatic carbocycles. The lowest BCUT2D eigenvalue weighted by molar-refractivity contribution is -0.143. The topological polar surface area (TPSA) is 88.4 Å². The largest absolute Gasteiger partial charge is 0.494 e. The van der Waals surface area contributed by atoms with Gasteiger partial charge in [-0.1, -0.05) is 35.1 Å². The minimum atomic E-state index is -0.722. The molecule has 4 rings (SSSR count). The molecule has 0 unspecified atom stereocenters. The average Bonchev–Trinajstić information content (AvgIpc) is 3.18. The lowest BCUT2D eigenvalue weighted by Crippen LogP contribution is -2.40. The van der Waals surface area contributed by atoms with E-state index in [-0.39, 0.29) is 17.8 Å². The molecule has 0 amide bonds. The maximum absolute atomic E-state index is 13.9. The minimum absolute atomic E-state index is 0.0941. The van der Waals surface area contributed by atoms with Crippen molar-refractivity contribution in [3.8, 4) is 17.2 Å². The molecule has 0 spiro atoms. The maximum atomic E-state index is 13.9. The van der Waals surface area contributed by atoms with E-state index in [9.17, 15) is 9.59 Å². The fraction of sp³-hybridized carbons (Fsp3) is 0.367. The van der Waals surface area contributed by atoms with Crippen molar-refractivity contribution in [2.24, 2.45) is 4.99 Å². The molecule has 2 heterocycles. The number of rotatable bonds is 9. The summed E-state index contributed by atoms with van der Waals surface area (Å²) in [5.74, 6) is 1.09. The predicted octanol–water partition coefficient (Wildman–Crippen LogP) is 5.03. The zero-order chi connectivity index (χ0) is 29.1. The Labute approximate surface area is 242 Å². The second kappa shape index (κ2) is 12.3. The van der Waals surface area contributed by atoms with Crippen LogP contribution in [0.2, 0.25) is 5.02 Å². The molecule has 0 N–H and O–H groups in total. The molecule has 0 saturated heterocycles. The van der Waals surface area contributed by atoms with Crippen LogP contribution in [0.4, 0.5) is 0 Å². The summed E-state index contributed by atoms with van der Waals surface area (Å²) in [5, 5.41) is 0.369. The van der Waals surface area contributed by atoms with Gasteiger partial charge in [0.2, 0.25) is 0 Å². The van der Waals surface area contributed by atoms with Crippen LogP contribution in [0.5, 0.6) is 17.2 Å². The van der Waals surface area contributed by atoms with E-state index in [0.29, 0.717) is 55.0 Å². The van der Waals surface area contributed by atoms with Gasteiger partial charge in [0.25, 0.3) is 5.56 Å². The lowest BCUT2D eigenvalue weighted by atomic mass is 9.96. The fourth-order valence-electron chi connectivity index (χ4n) is 4.41. The highest BCUT2D eigenvalue weighted by Crippen LogP contribution is 2.37. The second-order valence-electron chi connectivity index (χ2n) is 9.74. The highest BCUT2D eigenvalue weighted by Gasteiger charge is 2.33. The van der Waals surface area contributed by atoms with E-state index in [0.717, 1.165) is 5.56 Å². The van der Waals surface area contributed by atoms with Gasteiger partial charge in [-0.15, -0.1) is 0 Å². The quantitative estimate of drug-likeness (QED) is 0.328. The van der Waals surface area contributed by atoms with E-state index >= 15 is 0 Å². The summed E-state index contributed by atoms with van der Waals surface area (Å²) in [6.07, 6.45) is 1.31. The number of halogens is 1. The number of aromatic nitrogens is 1. The van der Waals surface area contributed by atoms with Gasteiger partial charge < -0.3 is 18.9 Å². The molecule has 1 atom stereocenters. The van der Waals surface area contributed by atoms with Crippen LogP contribution in [0.25, 0.3) is 6.08 Å². The van der Waals surface area contributed by atoms with Crippen LogP contribution in [0.1, 0.15) is 58.7 Å². The van der Waals surface area contributed by atoms with E-state index in [1.54, 1.807) is 43.5 Å². The predicted molar refractivity (Wildman–Crippen MR) is 156 cm³/mol. The maximum Gasteiger partial charge on any atom is 0.338 e. The number of allylic oxidation sites excluding steroid dienone is 1. The molecular weight excluding hydrogens is 552 g/mol. The van der Waals surface area contributed by atoms with Crippen molar-refractivity contribution in [1.29, 1.82) is 0 Å². The molecule has 10 heteroatoms. The minimum Gasteiger partial charge on any atom is -0.494 e. The summed E-state index contributed by atoms with van der Waals surface area (Å²) in [7, 11) is 1.54. The second-order valence-corrected chi connectivity index (χ2v) is 11.2. The molecule has 1 aromatic heterocycles. The Kier molecular flexibility index (Phi) is 9.05. The van der Waals surface area contributed by atoms with Gasteiger partial charge in [0.05, 0.1) is 52.8 Å². The normalized spacial score (nSPS) is 15.2. The number of nitrogens with zero attached hydrogens (tertiary/aromatic N) is 2. The molecule has 40 heavy (non-hydrogen) atoms. The van der Waals surface area contributed by atoms with Gasteiger partial charge in [-0.25, -0.2) is 9.79 Å². The van der Waals surface area contributed by atoms with Crippen LogP contribution in [-0.2, 0) is 9.53 Å². The number of fused-ring (bicyclic) bond motifs is 1. The van der Waals surface area contributed by atoms with E-state index in [4.69, 9.17) is 30.5 Å². The summed E-state index contributed by atoms with van der Waals surface area (Å²) in [4.78, 5) is 32.3. The zero-order valence-corrected chi connectivity index (χ0v) is 25.2. The Bertz CT molecular complexity index is 1620. The van der Waals surface area contributed by atoms with Gasteiger partial charge in [0, 0.05) is 0 Å². The van der Waals surface area contributed by atoms with Crippen molar-refractivity contribution in [2.75, 3.05) is 13.7 Å². The Morgan fingerprint density at radius 1 is 1.15 bits per heavy atom. The fourth-order valence-corrected chi connectivity index (χ4v) is 5.72. The third-order valence-corrected chi connectivity index (χ3v) is 7.26. The van der Waals surface area contributed by atoms with E-state index in [1.807, 2.05) is 45.0 Å². The first-order valence-corrected chi connectivity index (χ1v) is 14.2. The van der Waals surface area contributed by atoms with Crippen molar-refractivity contribution in [3.63, 3.8) is 0 Å². The van der Waals surface area contributed by atoms with Gasteiger partial charge in [-0.3, -0.25) is 9.36 Å². The van der Waals surface area contributed by atoms with Crippen LogP contribution < -0.4 is 29.1 Å². The molecule has 0 aliphatic carbocycles. The lowest BCUT2D eigenvalue weighted by Gasteiger charge is -2.25. The van der Waals surface area contributed by atoms with E-state index < -0.39 is 12.0 Å². The Hall–Kier alpha value is -3.56. The molecule has 3 aromatic rings. The summed E-state index contributed by atoms with van der Waals surface area (Å²) in [6.45, 7) is 11.6. The number of carbonyl (C=O) groups excluding carboxylic acids is 1. The molecule has 0 radical (unpaired) electrons. The first kappa shape index (κ1) is 29.4. The van der Waals surface area contributed by atoms with Crippen molar-refractivity contribution in [3.05, 3.63) is 83.5 Å². The van der Waals surface area contributed by atoms with Crippen LogP contribution in [-0.4, -0.2) is 36.5 Å². The smallest absolute Gasteiger partial charge is 0.338 e.